The summed E-state index contributed by atoms with van der Waals surface area (Å²) in [6, 6.07) is 4.99. The molecular formula is C10H11ClFN. The molecule has 1 unspecified atom stereocenters. The molecule has 1 heterocycles. The molecule has 1 N–H and O–H groups in total. The van der Waals surface area contributed by atoms with Gasteiger partial charge in [-0.25, -0.2) is 4.39 Å². The predicted molar refractivity (Wildman–Crippen MR) is 51.6 cm³/mol. The summed E-state index contributed by atoms with van der Waals surface area (Å²) in [6.07, 6.45) is 1.11. The molecule has 1 fully saturated rings. The van der Waals surface area contributed by atoms with Crippen LogP contribution in [0.3, 0.4) is 0 Å². The number of benzene rings is 1. The van der Waals surface area contributed by atoms with Crippen molar-refractivity contribution in [2.24, 2.45) is 0 Å². The number of nitrogens with one attached hydrogen (secondary N) is 1. The average Bonchev–Trinajstić information content (AvgIpc) is 2.62. The molecule has 70 valence electrons. The first-order valence-corrected chi connectivity index (χ1v) is 4.81. The molecule has 1 saturated heterocycles. The topological polar surface area (TPSA) is 12.0 Å². The summed E-state index contributed by atoms with van der Waals surface area (Å²) in [6.45, 7) is 2.02. The monoisotopic (exact) mass is 199 g/mol. The Hall–Kier alpha value is -0.600. The molecule has 3 heteroatoms. The molecule has 0 saturated carbocycles. The van der Waals surface area contributed by atoms with Gasteiger partial charge in [-0.3, -0.25) is 0 Å². The smallest absolute Gasteiger partial charge is 0.141 e. The Bertz CT molecular complexity index is 308. The number of hydrogen-bond acceptors (Lipinski definition) is 1. The highest BCUT2D eigenvalue weighted by Crippen LogP contribution is 2.25. The lowest BCUT2D eigenvalue weighted by molar-refractivity contribution is 0.626. The van der Waals surface area contributed by atoms with E-state index in [1.54, 1.807) is 6.07 Å². The van der Waals surface area contributed by atoms with E-state index in [0.717, 1.165) is 25.1 Å². The molecule has 0 radical (unpaired) electrons. The molecule has 0 amide bonds. The zero-order valence-corrected chi connectivity index (χ0v) is 7.94. The van der Waals surface area contributed by atoms with Crippen molar-refractivity contribution in [3.05, 3.63) is 34.6 Å². The van der Waals surface area contributed by atoms with Gasteiger partial charge in [0, 0.05) is 6.54 Å². The van der Waals surface area contributed by atoms with Crippen LogP contribution in [-0.2, 0) is 0 Å². The van der Waals surface area contributed by atoms with E-state index in [9.17, 15) is 4.39 Å². The van der Waals surface area contributed by atoms with Crippen molar-refractivity contribution in [3.8, 4) is 0 Å². The molecule has 0 bridgehead atoms. The first-order chi connectivity index (χ1) is 6.27. The van der Waals surface area contributed by atoms with Crippen LogP contribution in [0.1, 0.15) is 17.9 Å². The Balaban J connectivity index is 2.25. The zero-order chi connectivity index (χ0) is 9.26. The Labute approximate surface area is 81.9 Å². The summed E-state index contributed by atoms with van der Waals surface area (Å²) >= 11 is 5.70. The Morgan fingerprint density at radius 3 is 2.92 bits per heavy atom. The van der Waals surface area contributed by atoms with Gasteiger partial charge >= 0.3 is 0 Å². The average molecular weight is 200 g/mol. The molecule has 1 nitrogen and oxygen atoms in total. The molecule has 13 heavy (non-hydrogen) atoms. The lowest BCUT2D eigenvalue weighted by Gasteiger charge is -2.08. The molecule has 0 aliphatic carbocycles. The number of halogens is 2. The summed E-state index contributed by atoms with van der Waals surface area (Å²) in [4.78, 5) is 0. The van der Waals surface area contributed by atoms with E-state index in [-0.39, 0.29) is 10.8 Å². The summed E-state index contributed by atoms with van der Waals surface area (Å²) in [7, 11) is 0. The normalized spacial score (nSPS) is 22.2. The fourth-order valence-corrected chi connectivity index (χ4v) is 1.89. The maximum absolute atomic E-state index is 12.8. The molecule has 1 aliphatic heterocycles. The highest BCUT2D eigenvalue weighted by atomic mass is 35.5. The zero-order valence-electron chi connectivity index (χ0n) is 7.19. The van der Waals surface area contributed by atoms with Crippen molar-refractivity contribution in [3.63, 3.8) is 0 Å². The molecule has 2 rings (SSSR count). The van der Waals surface area contributed by atoms with Gasteiger partial charge in [-0.1, -0.05) is 17.7 Å². The molecule has 1 atom stereocenters. The fourth-order valence-electron chi connectivity index (χ4n) is 1.71. The summed E-state index contributed by atoms with van der Waals surface area (Å²) < 4.78 is 12.8. The highest BCUT2D eigenvalue weighted by molar-refractivity contribution is 6.30. The minimum Gasteiger partial charge on any atom is -0.316 e. The van der Waals surface area contributed by atoms with Crippen LogP contribution in [0.2, 0.25) is 5.02 Å². The van der Waals surface area contributed by atoms with E-state index in [1.807, 2.05) is 6.07 Å². The minimum atomic E-state index is -0.337. The van der Waals surface area contributed by atoms with E-state index >= 15 is 0 Å². The lowest BCUT2D eigenvalue weighted by Crippen LogP contribution is -2.07. The number of rotatable bonds is 1. The molecule has 0 aromatic heterocycles. The van der Waals surface area contributed by atoms with Crippen molar-refractivity contribution in [2.45, 2.75) is 12.3 Å². The maximum atomic E-state index is 12.8. The van der Waals surface area contributed by atoms with Gasteiger partial charge < -0.3 is 5.32 Å². The summed E-state index contributed by atoms with van der Waals surface area (Å²) in [5, 5.41) is 3.49. The predicted octanol–water partition coefficient (Wildman–Crippen LogP) is 2.56. The Morgan fingerprint density at radius 1 is 1.46 bits per heavy atom. The van der Waals surface area contributed by atoms with Gasteiger partial charge in [0.2, 0.25) is 0 Å². The first kappa shape index (κ1) is 8.97. The molecule has 1 aromatic carbocycles. The van der Waals surface area contributed by atoms with Crippen LogP contribution >= 0.6 is 11.6 Å². The van der Waals surface area contributed by atoms with Crippen molar-refractivity contribution in [1.29, 1.82) is 0 Å². The highest BCUT2D eigenvalue weighted by Gasteiger charge is 2.17. The van der Waals surface area contributed by atoms with E-state index in [0.29, 0.717) is 5.92 Å². The quantitative estimate of drug-likeness (QED) is 0.733. The van der Waals surface area contributed by atoms with Gasteiger partial charge in [0.1, 0.15) is 5.82 Å². The van der Waals surface area contributed by atoms with E-state index in [4.69, 9.17) is 11.6 Å². The second-order valence-electron chi connectivity index (χ2n) is 3.36. The Morgan fingerprint density at radius 2 is 2.31 bits per heavy atom. The Kier molecular flexibility index (Phi) is 2.51. The standard InChI is InChI=1S/C10H11ClFN/c11-9-5-7(1-2-10(9)12)8-3-4-13-6-8/h1-2,5,8,13H,3-4,6H2. The molecule has 1 aliphatic rings. The van der Waals surface area contributed by atoms with E-state index in [1.165, 1.54) is 6.07 Å². The second-order valence-corrected chi connectivity index (χ2v) is 3.77. The summed E-state index contributed by atoms with van der Waals surface area (Å²) in [5.41, 5.74) is 1.14. The third-order valence-electron chi connectivity index (χ3n) is 2.48. The van der Waals surface area contributed by atoms with Crippen LogP contribution in [0.4, 0.5) is 4.39 Å². The van der Waals surface area contributed by atoms with Crippen molar-refractivity contribution in [1.82, 2.24) is 5.32 Å². The third-order valence-corrected chi connectivity index (χ3v) is 2.77. The van der Waals surface area contributed by atoms with E-state index in [2.05, 4.69) is 5.32 Å². The molecule has 1 aromatic rings. The van der Waals surface area contributed by atoms with Gasteiger partial charge in [0.05, 0.1) is 5.02 Å². The van der Waals surface area contributed by atoms with Crippen LogP contribution in [0.5, 0.6) is 0 Å². The molecular weight excluding hydrogens is 189 g/mol. The molecule has 0 spiro atoms. The minimum absolute atomic E-state index is 0.226. The van der Waals surface area contributed by atoms with Crippen LogP contribution in [0.15, 0.2) is 18.2 Å². The van der Waals surface area contributed by atoms with Gasteiger partial charge in [-0.2, -0.15) is 0 Å². The van der Waals surface area contributed by atoms with Crippen LogP contribution in [0.25, 0.3) is 0 Å². The van der Waals surface area contributed by atoms with Gasteiger partial charge in [-0.05, 0) is 36.6 Å². The van der Waals surface area contributed by atoms with Gasteiger partial charge in [-0.15, -0.1) is 0 Å². The van der Waals surface area contributed by atoms with Crippen molar-refractivity contribution >= 4 is 11.6 Å². The van der Waals surface area contributed by atoms with Crippen molar-refractivity contribution < 1.29 is 4.39 Å². The SMILES string of the molecule is Fc1ccc(C2CCNC2)cc1Cl. The van der Waals surface area contributed by atoms with Crippen LogP contribution < -0.4 is 5.32 Å². The largest absolute Gasteiger partial charge is 0.316 e. The second kappa shape index (κ2) is 3.64. The van der Waals surface area contributed by atoms with Gasteiger partial charge in [0.25, 0.3) is 0 Å². The number of hydrogen-bond donors (Lipinski definition) is 1. The first-order valence-electron chi connectivity index (χ1n) is 4.43. The maximum Gasteiger partial charge on any atom is 0.141 e. The van der Waals surface area contributed by atoms with Crippen LogP contribution in [0, 0.1) is 5.82 Å². The third kappa shape index (κ3) is 1.84. The summed E-state index contributed by atoms with van der Waals surface area (Å²) in [5.74, 6) is 0.162. The van der Waals surface area contributed by atoms with Crippen molar-refractivity contribution in [2.75, 3.05) is 13.1 Å². The van der Waals surface area contributed by atoms with Crippen LogP contribution in [-0.4, -0.2) is 13.1 Å². The lowest BCUT2D eigenvalue weighted by atomic mass is 9.99. The van der Waals surface area contributed by atoms with Gasteiger partial charge in [0.15, 0.2) is 0 Å². The van der Waals surface area contributed by atoms with E-state index < -0.39 is 0 Å². The fraction of sp³-hybridized carbons (Fsp3) is 0.400.